The van der Waals surface area contributed by atoms with Crippen molar-refractivity contribution in [3.63, 3.8) is 0 Å². The summed E-state index contributed by atoms with van der Waals surface area (Å²) in [5.41, 5.74) is 3.86. The maximum absolute atomic E-state index is 13.0. The van der Waals surface area contributed by atoms with Crippen LogP contribution in [0.3, 0.4) is 0 Å². The monoisotopic (exact) mass is 530 g/mol. The molecule has 3 N–H and O–H groups in total. The molecule has 2 aliphatic heterocycles. The van der Waals surface area contributed by atoms with Crippen LogP contribution < -0.4 is 20.7 Å². The highest BCUT2D eigenvalue weighted by Gasteiger charge is 2.28. The SMILES string of the molecule is CCc1c(Cl)cccc1NC(=S)C1=C(NCc2ccncc2OC[C@@H]2COCCO2)CC(C)NC1=O. The summed E-state index contributed by atoms with van der Waals surface area (Å²) in [5.74, 6) is 0.441. The van der Waals surface area contributed by atoms with Gasteiger partial charge in [-0.2, -0.15) is 0 Å². The first-order valence-electron chi connectivity index (χ1n) is 12.1. The number of nitrogens with one attached hydrogen (secondary N) is 3. The number of anilines is 1. The summed E-state index contributed by atoms with van der Waals surface area (Å²) in [6.07, 6.45) is 4.64. The molecule has 1 fully saturated rings. The van der Waals surface area contributed by atoms with Crippen molar-refractivity contribution in [3.05, 3.63) is 64.1 Å². The minimum Gasteiger partial charge on any atom is -0.489 e. The summed E-state index contributed by atoms with van der Waals surface area (Å²) >= 11 is 12.1. The Balaban J connectivity index is 1.51. The van der Waals surface area contributed by atoms with E-state index in [9.17, 15) is 4.79 Å². The summed E-state index contributed by atoms with van der Waals surface area (Å²) in [4.78, 5) is 17.5. The lowest BCUT2D eigenvalue weighted by atomic mass is 10.0. The van der Waals surface area contributed by atoms with E-state index in [1.54, 1.807) is 12.4 Å². The number of aromatic nitrogens is 1. The molecule has 10 heteroatoms. The molecule has 1 unspecified atom stereocenters. The second-order valence-corrected chi connectivity index (χ2v) is 9.54. The van der Waals surface area contributed by atoms with Gasteiger partial charge in [0.2, 0.25) is 0 Å². The lowest BCUT2D eigenvalue weighted by Crippen LogP contribution is -2.44. The zero-order valence-electron chi connectivity index (χ0n) is 20.4. The molecule has 0 saturated carbocycles. The molecule has 2 atom stereocenters. The molecule has 8 nitrogen and oxygen atoms in total. The fourth-order valence-electron chi connectivity index (χ4n) is 4.22. The van der Waals surface area contributed by atoms with Crippen LogP contribution in [0.4, 0.5) is 5.69 Å². The Morgan fingerprint density at radius 2 is 2.19 bits per heavy atom. The maximum Gasteiger partial charge on any atom is 0.256 e. The number of thiocarbonyl (C=S) groups is 1. The second-order valence-electron chi connectivity index (χ2n) is 8.72. The van der Waals surface area contributed by atoms with Gasteiger partial charge in [-0.1, -0.05) is 36.8 Å². The van der Waals surface area contributed by atoms with Gasteiger partial charge in [0.15, 0.2) is 0 Å². The van der Waals surface area contributed by atoms with Crippen LogP contribution in [0.5, 0.6) is 5.75 Å². The molecule has 1 aromatic heterocycles. The Labute approximate surface area is 221 Å². The van der Waals surface area contributed by atoms with Crippen LogP contribution in [0.1, 0.15) is 31.4 Å². The summed E-state index contributed by atoms with van der Waals surface area (Å²) in [7, 11) is 0. The lowest BCUT2D eigenvalue weighted by molar-refractivity contribution is -0.118. The topological polar surface area (TPSA) is 93.7 Å². The highest BCUT2D eigenvalue weighted by molar-refractivity contribution is 7.81. The molecule has 0 aliphatic carbocycles. The minimum atomic E-state index is -0.213. The average molecular weight is 531 g/mol. The van der Waals surface area contributed by atoms with E-state index >= 15 is 0 Å². The molecule has 0 spiro atoms. The smallest absolute Gasteiger partial charge is 0.256 e. The van der Waals surface area contributed by atoms with Gasteiger partial charge in [-0.05, 0) is 37.1 Å². The van der Waals surface area contributed by atoms with Crippen LogP contribution in [0.15, 0.2) is 47.9 Å². The van der Waals surface area contributed by atoms with E-state index < -0.39 is 0 Å². The van der Waals surface area contributed by atoms with Gasteiger partial charge in [-0.15, -0.1) is 0 Å². The molecule has 4 rings (SSSR count). The summed E-state index contributed by atoms with van der Waals surface area (Å²) in [5, 5.41) is 10.3. The van der Waals surface area contributed by atoms with E-state index in [1.807, 2.05) is 38.1 Å². The molecule has 2 aliphatic rings. The highest BCUT2D eigenvalue weighted by atomic mass is 35.5. The number of rotatable bonds is 9. The third kappa shape index (κ3) is 6.53. The molecule has 1 saturated heterocycles. The largest absolute Gasteiger partial charge is 0.489 e. The number of amides is 1. The standard InChI is InChI=1S/C26H31ClN4O4S/c1-3-19-20(27)5-4-6-21(19)31-26(36)24-22(11-16(2)30-25(24)32)29-12-17-7-8-28-13-23(17)35-15-18-14-33-9-10-34-18/h4-8,13,16,18,29H,3,9-12,14-15H2,1-2H3,(H,30,32)(H,31,36)/t16?,18-/m0/s1. The van der Waals surface area contributed by atoms with Gasteiger partial charge in [-0.25, -0.2) is 0 Å². The predicted octanol–water partition coefficient (Wildman–Crippen LogP) is 3.78. The molecular weight excluding hydrogens is 500 g/mol. The fourth-order valence-corrected chi connectivity index (χ4v) is 4.85. The number of halogens is 1. The fraction of sp³-hybridized carbons (Fsp3) is 0.423. The van der Waals surface area contributed by atoms with Crippen molar-refractivity contribution < 1.29 is 19.0 Å². The first-order chi connectivity index (χ1) is 17.5. The molecule has 0 bridgehead atoms. The predicted molar refractivity (Wildman–Crippen MR) is 143 cm³/mol. The molecule has 36 heavy (non-hydrogen) atoms. The Hall–Kier alpha value is -2.72. The molecule has 1 aromatic carbocycles. The molecular formula is C26H31ClN4O4S. The van der Waals surface area contributed by atoms with E-state index in [4.69, 9.17) is 38.0 Å². The van der Waals surface area contributed by atoms with Crippen LogP contribution in [0.2, 0.25) is 5.02 Å². The van der Waals surface area contributed by atoms with Gasteiger partial charge in [0.1, 0.15) is 23.4 Å². The average Bonchev–Trinajstić information content (AvgIpc) is 2.87. The first kappa shape index (κ1) is 26.3. The summed E-state index contributed by atoms with van der Waals surface area (Å²) in [6.45, 7) is 6.49. The summed E-state index contributed by atoms with van der Waals surface area (Å²) < 4.78 is 17.1. The van der Waals surface area contributed by atoms with E-state index in [1.165, 1.54) is 0 Å². The van der Waals surface area contributed by atoms with Crippen molar-refractivity contribution in [3.8, 4) is 5.75 Å². The van der Waals surface area contributed by atoms with Gasteiger partial charge in [-0.3, -0.25) is 9.78 Å². The Kier molecular flexibility index (Phi) is 9.14. The second kappa shape index (κ2) is 12.5. The van der Waals surface area contributed by atoms with Crippen LogP contribution in [-0.2, 0) is 27.2 Å². The van der Waals surface area contributed by atoms with Crippen molar-refractivity contribution in [2.45, 2.75) is 45.4 Å². The zero-order valence-corrected chi connectivity index (χ0v) is 22.0. The van der Waals surface area contributed by atoms with Crippen molar-refractivity contribution >= 4 is 40.4 Å². The highest BCUT2D eigenvalue weighted by Crippen LogP contribution is 2.27. The quantitative estimate of drug-likeness (QED) is 0.422. The van der Waals surface area contributed by atoms with Crippen molar-refractivity contribution in [1.29, 1.82) is 0 Å². The van der Waals surface area contributed by atoms with Gasteiger partial charge in [0, 0.05) is 47.2 Å². The third-order valence-corrected chi connectivity index (χ3v) is 6.70. The van der Waals surface area contributed by atoms with E-state index in [0.29, 0.717) is 60.7 Å². The van der Waals surface area contributed by atoms with Crippen LogP contribution in [-0.4, -0.2) is 54.5 Å². The molecule has 1 amide bonds. The molecule has 192 valence electrons. The molecule has 3 heterocycles. The van der Waals surface area contributed by atoms with Gasteiger partial charge < -0.3 is 30.2 Å². The van der Waals surface area contributed by atoms with Gasteiger partial charge in [0.05, 0.1) is 31.6 Å². The summed E-state index contributed by atoms with van der Waals surface area (Å²) in [6, 6.07) is 7.48. The number of carbonyl (C=O) groups is 1. The van der Waals surface area contributed by atoms with Crippen LogP contribution in [0.25, 0.3) is 0 Å². The van der Waals surface area contributed by atoms with Gasteiger partial charge >= 0.3 is 0 Å². The van der Waals surface area contributed by atoms with Crippen molar-refractivity contribution in [2.24, 2.45) is 0 Å². The Bertz CT molecular complexity index is 1140. The van der Waals surface area contributed by atoms with Crippen molar-refractivity contribution in [2.75, 3.05) is 31.7 Å². The zero-order chi connectivity index (χ0) is 25.5. The number of hydrogen-bond donors (Lipinski definition) is 3. The van der Waals surface area contributed by atoms with Crippen LogP contribution >= 0.6 is 23.8 Å². The van der Waals surface area contributed by atoms with Crippen molar-refractivity contribution in [1.82, 2.24) is 15.6 Å². The van der Waals surface area contributed by atoms with Gasteiger partial charge in [0.25, 0.3) is 5.91 Å². The van der Waals surface area contributed by atoms with Crippen LogP contribution in [0, 0.1) is 0 Å². The number of pyridine rings is 1. The number of ether oxygens (including phenoxy) is 3. The third-order valence-electron chi connectivity index (χ3n) is 6.04. The normalized spacial score (nSPS) is 20.0. The Morgan fingerprint density at radius 1 is 1.33 bits per heavy atom. The maximum atomic E-state index is 13.0. The number of benzene rings is 1. The lowest BCUT2D eigenvalue weighted by Gasteiger charge is -2.28. The number of hydrogen-bond acceptors (Lipinski definition) is 7. The number of carbonyl (C=O) groups excluding carboxylic acids is 1. The van der Waals surface area contributed by atoms with E-state index in [2.05, 4.69) is 20.9 Å². The first-order valence-corrected chi connectivity index (χ1v) is 12.9. The molecule has 2 aromatic rings. The van der Waals surface area contributed by atoms with E-state index in [0.717, 1.165) is 28.9 Å². The number of nitrogens with zero attached hydrogens (tertiary/aromatic N) is 1. The molecule has 0 radical (unpaired) electrons. The minimum absolute atomic E-state index is 0.0273. The van der Waals surface area contributed by atoms with E-state index in [-0.39, 0.29) is 18.1 Å². The Morgan fingerprint density at radius 3 is 2.97 bits per heavy atom.